The van der Waals surface area contributed by atoms with Crippen LogP contribution in [0.15, 0.2) is 54.6 Å². The van der Waals surface area contributed by atoms with E-state index in [2.05, 4.69) is 31.2 Å². The summed E-state index contributed by atoms with van der Waals surface area (Å²) in [7, 11) is -2.48. The molecule has 1 saturated heterocycles. The van der Waals surface area contributed by atoms with Crippen molar-refractivity contribution in [1.82, 2.24) is 0 Å². The molecule has 0 bridgehead atoms. The van der Waals surface area contributed by atoms with Crippen LogP contribution in [-0.4, -0.2) is 28.6 Å². The molecule has 1 heterocycles. The Balaban J connectivity index is 2.15. The van der Waals surface area contributed by atoms with Crippen LogP contribution in [0, 0.1) is 6.92 Å². The fourth-order valence-electron chi connectivity index (χ4n) is 2.18. The van der Waals surface area contributed by atoms with E-state index in [4.69, 9.17) is 12.3 Å². The van der Waals surface area contributed by atoms with Crippen LogP contribution in [0.1, 0.15) is 5.56 Å². The van der Waals surface area contributed by atoms with Gasteiger partial charge >= 0.3 is 28.6 Å². The minimum absolute atomic E-state index is 0.0496. The Hall–Kier alpha value is -1.03. The third kappa shape index (κ3) is 2.38. The lowest BCUT2D eigenvalue weighted by Gasteiger charge is -2.34. The molecule has 6 heteroatoms. The fraction of sp³-hybridized carbons (Fsp3) is 0.0769. The van der Waals surface area contributed by atoms with E-state index in [0.717, 1.165) is 5.19 Å². The lowest BCUT2D eigenvalue weighted by Crippen LogP contribution is -2.67. The van der Waals surface area contributed by atoms with E-state index in [-0.39, 0.29) is 20.0 Å². The van der Waals surface area contributed by atoms with Crippen molar-refractivity contribution in [2.24, 2.45) is 0 Å². The molecule has 0 amide bonds. The highest BCUT2D eigenvalue weighted by Crippen LogP contribution is 2.14. The average Bonchev–Trinajstić information content (AvgIpc) is 2.49. The average molecular weight is 300 g/mol. The molecule has 0 N–H and O–H groups in total. The van der Waals surface area contributed by atoms with Crippen LogP contribution in [0.3, 0.4) is 0 Å². The number of rotatable bonds is 2. The van der Waals surface area contributed by atoms with Crippen LogP contribution >= 0.6 is 0 Å². The molecule has 2 aromatic carbocycles. The van der Waals surface area contributed by atoms with Gasteiger partial charge in [0, 0.05) is 5.19 Å². The summed E-state index contributed by atoms with van der Waals surface area (Å²) in [6, 6.07) is 18.5. The van der Waals surface area contributed by atoms with Gasteiger partial charge in [0.05, 0.1) is 0 Å². The zero-order valence-electron chi connectivity index (χ0n) is 10.4. The van der Waals surface area contributed by atoms with E-state index < -0.39 is 8.56 Å². The van der Waals surface area contributed by atoms with Crippen molar-refractivity contribution in [3.63, 3.8) is 0 Å². The molecule has 3 nitrogen and oxygen atoms in total. The first-order chi connectivity index (χ1) is 9.33. The zero-order chi connectivity index (χ0) is 13.1. The predicted molar refractivity (Wildman–Crippen MR) is 77.4 cm³/mol. The Labute approximate surface area is 118 Å². The summed E-state index contributed by atoms with van der Waals surface area (Å²) in [5.74, 6) is 0. The Kier molecular flexibility index (Phi) is 3.78. The van der Waals surface area contributed by atoms with E-state index in [1.807, 2.05) is 30.3 Å². The molecule has 0 spiro atoms. The molecule has 0 aliphatic carbocycles. The van der Waals surface area contributed by atoms with Gasteiger partial charge in [-0.2, -0.15) is 0 Å². The zero-order valence-corrected chi connectivity index (χ0v) is 13.4. The van der Waals surface area contributed by atoms with Gasteiger partial charge in [-0.15, -0.1) is 0 Å². The van der Waals surface area contributed by atoms with Crippen molar-refractivity contribution >= 4 is 38.9 Å². The monoisotopic (exact) mass is 300 g/mol. The van der Waals surface area contributed by atoms with Crippen molar-refractivity contribution < 1.29 is 12.3 Å². The quantitative estimate of drug-likeness (QED) is 0.764. The number of hydrogen-bond donors (Lipinski definition) is 0. The standard InChI is InChI=1S/C13H12O3Si3/c1-11-7-5-6-10-13(11)19(15-17-14-18-16-19)12-8-3-2-4-9-12/h2-10H,1H3. The molecular weight excluding hydrogens is 288 g/mol. The van der Waals surface area contributed by atoms with Crippen molar-refractivity contribution in [2.45, 2.75) is 6.92 Å². The van der Waals surface area contributed by atoms with Gasteiger partial charge in [-0.1, -0.05) is 54.6 Å². The van der Waals surface area contributed by atoms with Gasteiger partial charge in [0.2, 0.25) is 0 Å². The first-order valence-corrected chi connectivity index (χ1v) is 9.41. The van der Waals surface area contributed by atoms with Gasteiger partial charge in [-0.05, 0) is 17.7 Å². The predicted octanol–water partition coefficient (Wildman–Crippen LogP) is 0.683. The SMILES string of the molecule is Cc1ccccc1[Si]1(c2ccccc2)O[Si]O[Si]O1. The first kappa shape index (κ1) is 13.0. The molecule has 1 aliphatic heterocycles. The second-order valence-corrected chi connectivity index (χ2v) is 9.40. The van der Waals surface area contributed by atoms with Crippen LogP contribution < -0.4 is 10.4 Å². The van der Waals surface area contributed by atoms with Crippen LogP contribution in [0.2, 0.25) is 0 Å². The third-order valence-electron chi connectivity index (χ3n) is 3.11. The summed E-state index contributed by atoms with van der Waals surface area (Å²) >= 11 is 0. The summed E-state index contributed by atoms with van der Waals surface area (Å²) in [5.41, 5.74) is 1.20. The molecule has 1 fully saturated rings. The summed E-state index contributed by atoms with van der Waals surface area (Å²) in [5, 5.41) is 2.30. The lowest BCUT2D eigenvalue weighted by molar-refractivity contribution is 0.318. The van der Waals surface area contributed by atoms with Crippen LogP contribution in [-0.2, 0) is 12.3 Å². The van der Waals surface area contributed by atoms with Crippen LogP contribution in [0.4, 0.5) is 0 Å². The van der Waals surface area contributed by atoms with E-state index >= 15 is 0 Å². The largest absolute Gasteiger partial charge is 0.413 e. The summed E-state index contributed by atoms with van der Waals surface area (Å²) in [4.78, 5) is 0. The van der Waals surface area contributed by atoms with E-state index in [1.54, 1.807) is 0 Å². The highest BCUT2D eigenvalue weighted by atomic mass is 28.5. The normalized spacial score (nSPS) is 18.2. The second-order valence-electron chi connectivity index (χ2n) is 4.27. The summed E-state index contributed by atoms with van der Waals surface area (Å²) < 4.78 is 17.3. The van der Waals surface area contributed by atoms with Gasteiger partial charge < -0.3 is 12.3 Å². The van der Waals surface area contributed by atoms with E-state index in [0.29, 0.717) is 0 Å². The minimum atomic E-state index is -2.58. The molecule has 1 aliphatic rings. The fourth-order valence-corrected chi connectivity index (χ4v) is 8.56. The Morgan fingerprint density at radius 3 is 2.16 bits per heavy atom. The van der Waals surface area contributed by atoms with Gasteiger partial charge in [0.25, 0.3) is 0 Å². The van der Waals surface area contributed by atoms with Crippen molar-refractivity contribution in [3.05, 3.63) is 60.2 Å². The second kappa shape index (κ2) is 5.53. The molecule has 4 radical (unpaired) electrons. The molecule has 19 heavy (non-hydrogen) atoms. The highest BCUT2D eigenvalue weighted by Gasteiger charge is 2.46. The van der Waals surface area contributed by atoms with E-state index in [9.17, 15) is 0 Å². The van der Waals surface area contributed by atoms with Gasteiger partial charge in [0.1, 0.15) is 0 Å². The molecule has 0 unspecified atom stereocenters. The Morgan fingerprint density at radius 2 is 1.47 bits per heavy atom. The molecule has 2 aromatic rings. The molecular formula is C13H12O3Si3. The highest BCUT2D eigenvalue weighted by molar-refractivity contribution is 6.97. The molecule has 3 rings (SSSR count). The first-order valence-electron chi connectivity index (χ1n) is 5.96. The van der Waals surface area contributed by atoms with Crippen molar-refractivity contribution in [3.8, 4) is 0 Å². The molecule has 94 valence electrons. The van der Waals surface area contributed by atoms with Gasteiger partial charge in [-0.3, -0.25) is 0 Å². The van der Waals surface area contributed by atoms with Crippen molar-refractivity contribution in [2.75, 3.05) is 0 Å². The smallest absolute Gasteiger partial charge is 0.412 e. The Morgan fingerprint density at radius 1 is 0.842 bits per heavy atom. The van der Waals surface area contributed by atoms with Crippen LogP contribution in [0.25, 0.3) is 0 Å². The maximum atomic E-state index is 6.05. The van der Waals surface area contributed by atoms with Crippen LogP contribution in [0.5, 0.6) is 0 Å². The number of aryl methyl sites for hydroxylation is 1. The maximum absolute atomic E-state index is 6.05. The van der Waals surface area contributed by atoms with Gasteiger partial charge in [0.15, 0.2) is 0 Å². The van der Waals surface area contributed by atoms with Crippen molar-refractivity contribution in [1.29, 1.82) is 0 Å². The molecule has 0 atom stereocenters. The number of benzene rings is 2. The lowest BCUT2D eigenvalue weighted by atomic mass is 10.2. The molecule has 0 aromatic heterocycles. The number of hydrogen-bond acceptors (Lipinski definition) is 3. The molecule has 0 saturated carbocycles. The summed E-state index contributed by atoms with van der Waals surface area (Å²) in [6.07, 6.45) is 0. The summed E-state index contributed by atoms with van der Waals surface area (Å²) in [6.45, 7) is 2.10. The minimum Gasteiger partial charge on any atom is -0.412 e. The van der Waals surface area contributed by atoms with Gasteiger partial charge in [-0.25, -0.2) is 0 Å². The Bertz CT molecular complexity index is 556. The maximum Gasteiger partial charge on any atom is 0.413 e. The topological polar surface area (TPSA) is 27.7 Å². The third-order valence-corrected chi connectivity index (χ3v) is 9.10. The van der Waals surface area contributed by atoms with E-state index in [1.165, 1.54) is 10.8 Å².